The van der Waals surface area contributed by atoms with Gasteiger partial charge in [-0.25, -0.2) is 0 Å². The summed E-state index contributed by atoms with van der Waals surface area (Å²) >= 11 is 0. The standard InChI is InChI=1S/C20H26N4O7/c1-12(20(30)31)17-19(29)23(11-16(26)27)8-9-24(17)15(25)10-22-18(28)14-4-2-13(3-5-14)6-7-21/h2-5,12,17H,6-11,21H2,1H3,(H,22,28)(H,26,27)(H,30,31). The lowest BCUT2D eigenvalue weighted by atomic mass is 9.96. The van der Waals surface area contributed by atoms with Crippen molar-refractivity contribution in [3.63, 3.8) is 0 Å². The molecule has 1 fully saturated rings. The highest BCUT2D eigenvalue weighted by molar-refractivity contribution is 5.98. The van der Waals surface area contributed by atoms with Gasteiger partial charge in [-0.3, -0.25) is 24.0 Å². The number of benzene rings is 1. The molecule has 2 unspecified atom stereocenters. The molecule has 1 aliphatic heterocycles. The maximum absolute atomic E-state index is 12.7. The van der Waals surface area contributed by atoms with Gasteiger partial charge >= 0.3 is 11.9 Å². The Bertz CT molecular complexity index is 856. The van der Waals surface area contributed by atoms with Crippen LogP contribution in [0.3, 0.4) is 0 Å². The van der Waals surface area contributed by atoms with Crippen molar-refractivity contribution in [2.75, 3.05) is 32.7 Å². The average molecular weight is 434 g/mol. The van der Waals surface area contributed by atoms with Gasteiger partial charge in [-0.05, 0) is 37.6 Å². The van der Waals surface area contributed by atoms with Gasteiger partial charge in [0.25, 0.3) is 5.91 Å². The average Bonchev–Trinajstić information content (AvgIpc) is 2.73. The number of rotatable bonds is 9. The highest BCUT2D eigenvalue weighted by Crippen LogP contribution is 2.20. The number of carboxylic acid groups (broad SMARTS) is 2. The van der Waals surface area contributed by atoms with E-state index in [0.29, 0.717) is 18.5 Å². The van der Waals surface area contributed by atoms with E-state index < -0.39 is 54.7 Å². The molecule has 0 aliphatic carbocycles. The number of nitrogens with two attached hydrogens (primary N) is 1. The number of carboxylic acids is 2. The molecule has 1 aliphatic rings. The quantitative estimate of drug-likeness (QED) is 0.374. The van der Waals surface area contributed by atoms with Crippen LogP contribution in [0.25, 0.3) is 0 Å². The number of nitrogens with one attached hydrogen (secondary N) is 1. The van der Waals surface area contributed by atoms with E-state index in [4.69, 9.17) is 10.8 Å². The van der Waals surface area contributed by atoms with E-state index >= 15 is 0 Å². The normalized spacial score (nSPS) is 17.2. The summed E-state index contributed by atoms with van der Waals surface area (Å²) < 4.78 is 0. The number of carbonyl (C=O) groups is 5. The molecular formula is C20H26N4O7. The lowest BCUT2D eigenvalue weighted by molar-refractivity contribution is -0.161. The minimum Gasteiger partial charge on any atom is -0.481 e. The van der Waals surface area contributed by atoms with Crippen LogP contribution in [0.4, 0.5) is 0 Å². The third-order valence-electron chi connectivity index (χ3n) is 5.07. The smallest absolute Gasteiger partial charge is 0.323 e. The second-order valence-corrected chi connectivity index (χ2v) is 7.23. The molecule has 2 atom stereocenters. The first-order valence-corrected chi connectivity index (χ1v) is 9.75. The molecule has 0 bridgehead atoms. The van der Waals surface area contributed by atoms with E-state index in [9.17, 15) is 29.1 Å². The molecule has 168 valence electrons. The number of nitrogens with zero attached hydrogens (tertiary/aromatic N) is 2. The van der Waals surface area contributed by atoms with Gasteiger partial charge in [0, 0.05) is 18.7 Å². The van der Waals surface area contributed by atoms with Crippen LogP contribution in [0.5, 0.6) is 0 Å². The predicted octanol–water partition coefficient (Wildman–Crippen LogP) is -1.24. The molecule has 1 saturated heterocycles. The first-order chi connectivity index (χ1) is 14.6. The number of aliphatic carboxylic acids is 2. The van der Waals surface area contributed by atoms with Gasteiger partial charge in [-0.1, -0.05) is 12.1 Å². The fourth-order valence-electron chi connectivity index (χ4n) is 3.37. The maximum atomic E-state index is 12.7. The van der Waals surface area contributed by atoms with Crippen LogP contribution in [0.2, 0.25) is 0 Å². The van der Waals surface area contributed by atoms with E-state index in [1.54, 1.807) is 24.3 Å². The summed E-state index contributed by atoms with van der Waals surface area (Å²) in [6.45, 7) is 0.657. The Hall–Kier alpha value is -3.47. The summed E-state index contributed by atoms with van der Waals surface area (Å²) in [5, 5.41) is 20.8. The Morgan fingerprint density at radius 1 is 1.16 bits per heavy atom. The third-order valence-corrected chi connectivity index (χ3v) is 5.07. The Kier molecular flexibility index (Phi) is 8.08. The summed E-state index contributed by atoms with van der Waals surface area (Å²) in [5.41, 5.74) is 6.80. The van der Waals surface area contributed by atoms with E-state index in [2.05, 4.69) is 5.32 Å². The Labute approximate surface area is 178 Å². The lowest BCUT2D eigenvalue weighted by Gasteiger charge is -2.41. The summed E-state index contributed by atoms with van der Waals surface area (Å²) in [5.74, 6) is -5.66. The van der Waals surface area contributed by atoms with Gasteiger partial charge in [0.2, 0.25) is 11.8 Å². The van der Waals surface area contributed by atoms with Crippen molar-refractivity contribution in [1.29, 1.82) is 0 Å². The van der Waals surface area contributed by atoms with Gasteiger partial charge in [-0.2, -0.15) is 0 Å². The number of carbonyl (C=O) groups excluding carboxylic acids is 3. The second-order valence-electron chi connectivity index (χ2n) is 7.23. The van der Waals surface area contributed by atoms with Crippen molar-refractivity contribution in [2.24, 2.45) is 11.7 Å². The predicted molar refractivity (Wildman–Crippen MR) is 108 cm³/mol. The maximum Gasteiger partial charge on any atom is 0.323 e. The summed E-state index contributed by atoms with van der Waals surface area (Å²) in [4.78, 5) is 62.2. The van der Waals surface area contributed by atoms with Crippen LogP contribution in [-0.4, -0.2) is 88.4 Å². The van der Waals surface area contributed by atoms with Crippen molar-refractivity contribution >= 4 is 29.7 Å². The zero-order chi connectivity index (χ0) is 23.1. The number of hydrogen-bond acceptors (Lipinski definition) is 6. The van der Waals surface area contributed by atoms with Crippen LogP contribution in [0.15, 0.2) is 24.3 Å². The number of piperazine rings is 1. The molecule has 0 spiro atoms. The minimum atomic E-state index is -1.36. The number of amides is 3. The minimum absolute atomic E-state index is 0.0379. The zero-order valence-corrected chi connectivity index (χ0v) is 17.1. The molecule has 0 radical (unpaired) electrons. The van der Waals surface area contributed by atoms with Crippen molar-refractivity contribution in [2.45, 2.75) is 19.4 Å². The molecule has 3 amide bonds. The van der Waals surface area contributed by atoms with Crippen molar-refractivity contribution in [3.05, 3.63) is 35.4 Å². The van der Waals surface area contributed by atoms with E-state index in [-0.39, 0.29) is 13.1 Å². The second kappa shape index (κ2) is 10.5. The Morgan fingerprint density at radius 3 is 2.35 bits per heavy atom. The molecular weight excluding hydrogens is 408 g/mol. The van der Waals surface area contributed by atoms with Crippen LogP contribution in [-0.2, 0) is 25.6 Å². The highest BCUT2D eigenvalue weighted by Gasteiger charge is 2.43. The molecule has 5 N–H and O–H groups in total. The van der Waals surface area contributed by atoms with Crippen LogP contribution in [0.1, 0.15) is 22.8 Å². The van der Waals surface area contributed by atoms with Gasteiger partial charge < -0.3 is 31.1 Å². The summed E-state index contributed by atoms with van der Waals surface area (Å²) in [7, 11) is 0. The Morgan fingerprint density at radius 2 is 1.81 bits per heavy atom. The van der Waals surface area contributed by atoms with Crippen molar-refractivity contribution in [3.8, 4) is 0 Å². The topological polar surface area (TPSA) is 170 Å². The Balaban J connectivity index is 2.07. The van der Waals surface area contributed by atoms with Crippen molar-refractivity contribution < 1.29 is 34.2 Å². The molecule has 0 aromatic heterocycles. The molecule has 0 saturated carbocycles. The van der Waals surface area contributed by atoms with Crippen LogP contribution < -0.4 is 11.1 Å². The molecule has 1 aromatic rings. The monoisotopic (exact) mass is 434 g/mol. The molecule has 31 heavy (non-hydrogen) atoms. The molecule has 1 heterocycles. The third kappa shape index (κ3) is 6.01. The summed E-state index contributed by atoms with van der Waals surface area (Å²) in [6, 6.07) is 5.37. The van der Waals surface area contributed by atoms with E-state index in [1.165, 1.54) is 6.92 Å². The first kappa shape index (κ1) is 23.8. The van der Waals surface area contributed by atoms with Gasteiger partial charge in [0.05, 0.1) is 12.5 Å². The highest BCUT2D eigenvalue weighted by atomic mass is 16.4. The van der Waals surface area contributed by atoms with Gasteiger partial charge in [0.15, 0.2) is 0 Å². The molecule has 2 rings (SSSR count). The molecule has 11 nitrogen and oxygen atoms in total. The largest absolute Gasteiger partial charge is 0.481 e. The van der Waals surface area contributed by atoms with Crippen molar-refractivity contribution in [1.82, 2.24) is 15.1 Å². The molecule has 11 heteroatoms. The van der Waals surface area contributed by atoms with E-state index in [1.807, 2.05) is 0 Å². The van der Waals surface area contributed by atoms with E-state index in [0.717, 1.165) is 15.4 Å². The fraction of sp³-hybridized carbons (Fsp3) is 0.450. The zero-order valence-electron chi connectivity index (χ0n) is 17.1. The fourth-order valence-corrected chi connectivity index (χ4v) is 3.37. The molecule has 1 aromatic carbocycles. The van der Waals surface area contributed by atoms with Crippen LogP contribution in [0, 0.1) is 5.92 Å². The lowest BCUT2D eigenvalue weighted by Crippen LogP contribution is -2.63. The number of hydrogen-bond donors (Lipinski definition) is 4. The van der Waals surface area contributed by atoms with Crippen LogP contribution >= 0.6 is 0 Å². The summed E-state index contributed by atoms with van der Waals surface area (Å²) in [6.07, 6.45) is 0.672. The van der Waals surface area contributed by atoms with Gasteiger partial charge in [0.1, 0.15) is 12.6 Å². The SMILES string of the molecule is CC(C(=O)O)C1C(=O)N(CC(=O)O)CCN1C(=O)CNC(=O)c1ccc(CCN)cc1. The first-order valence-electron chi connectivity index (χ1n) is 9.75. The van der Waals surface area contributed by atoms with Gasteiger partial charge in [-0.15, -0.1) is 0 Å².